The maximum absolute atomic E-state index is 12.1. The monoisotopic (exact) mass is 266 g/mol. The minimum atomic E-state index is -3.56. The lowest BCUT2D eigenvalue weighted by Crippen LogP contribution is -2.32. The van der Waals surface area contributed by atoms with Gasteiger partial charge in [-0.2, -0.15) is 5.26 Å². The first-order chi connectivity index (χ1) is 8.15. The molecule has 0 aliphatic carbocycles. The highest BCUT2D eigenvalue weighted by Crippen LogP contribution is 2.18. The van der Waals surface area contributed by atoms with Gasteiger partial charge in [0.15, 0.2) is 0 Å². The van der Waals surface area contributed by atoms with Crippen molar-refractivity contribution in [1.82, 2.24) is 4.72 Å². The van der Waals surface area contributed by atoms with Crippen LogP contribution < -0.4 is 4.72 Å². The van der Waals surface area contributed by atoms with E-state index >= 15 is 0 Å². The average Bonchev–Trinajstić information content (AvgIpc) is 2.26. The molecule has 0 atom stereocenters. The topological polar surface area (TPSA) is 70.0 Å². The molecule has 0 unspecified atom stereocenters. The third-order valence-electron chi connectivity index (χ3n) is 2.40. The largest absolute Gasteiger partial charge is 0.240 e. The summed E-state index contributed by atoms with van der Waals surface area (Å²) in [6, 6.07) is 6.60. The summed E-state index contributed by atoms with van der Waals surface area (Å²) in [5, 5.41) is 8.81. The third-order valence-corrected chi connectivity index (χ3v) is 3.94. The first-order valence-corrected chi connectivity index (χ1v) is 7.14. The number of hydrogen-bond acceptors (Lipinski definition) is 3. The lowest BCUT2D eigenvalue weighted by molar-refractivity contribution is 0.407. The molecule has 18 heavy (non-hydrogen) atoms. The lowest BCUT2D eigenvalue weighted by Gasteiger charge is -2.19. The standard InChI is InChI=1S/C13H18N2O2S/c1-10-5-6-11(8-14)7-12(10)18(16,17)15-9-13(2,3)4/h5-7,15H,9H2,1-4H3. The molecule has 0 radical (unpaired) electrons. The molecule has 0 aromatic heterocycles. The average molecular weight is 266 g/mol. The lowest BCUT2D eigenvalue weighted by atomic mass is 9.98. The molecule has 5 heteroatoms. The van der Waals surface area contributed by atoms with Gasteiger partial charge in [0.05, 0.1) is 16.5 Å². The number of nitrogens with zero attached hydrogens (tertiary/aromatic N) is 1. The van der Waals surface area contributed by atoms with Gasteiger partial charge in [0.2, 0.25) is 10.0 Å². The Kier molecular flexibility index (Phi) is 4.15. The van der Waals surface area contributed by atoms with Gasteiger partial charge in [-0.25, -0.2) is 13.1 Å². The number of aryl methyl sites for hydroxylation is 1. The van der Waals surface area contributed by atoms with Crippen molar-refractivity contribution in [2.24, 2.45) is 5.41 Å². The minimum absolute atomic E-state index is 0.131. The second-order valence-electron chi connectivity index (χ2n) is 5.48. The van der Waals surface area contributed by atoms with Crippen LogP contribution in [0.2, 0.25) is 0 Å². The van der Waals surface area contributed by atoms with Crippen LogP contribution in [0.3, 0.4) is 0 Å². The summed E-state index contributed by atoms with van der Waals surface area (Å²) < 4.78 is 26.9. The van der Waals surface area contributed by atoms with E-state index < -0.39 is 10.0 Å². The van der Waals surface area contributed by atoms with Crippen LogP contribution in [0.15, 0.2) is 23.1 Å². The molecule has 1 aromatic rings. The molecule has 0 saturated carbocycles. The first kappa shape index (κ1) is 14.7. The second kappa shape index (κ2) is 5.09. The molecule has 4 nitrogen and oxygen atoms in total. The summed E-state index contributed by atoms with van der Waals surface area (Å²) in [6.07, 6.45) is 0. The van der Waals surface area contributed by atoms with Gasteiger partial charge < -0.3 is 0 Å². The van der Waals surface area contributed by atoms with Crippen LogP contribution in [0.25, 0.3) is 0 Å². The van der Waals surface area contributed by atoms with Crippen molar-refractivity contribution >= 4 is 10.0 Å². The minimum Gasteiger partial charge on any atom is -0.211 e. The van der Waals surface area contributed by atoms with Crippen molar-refractivity contribution in [2.75, 3.05) is 6.54 Å². The van der Waals surface area contributed by atoms with Crippen molar-refractivity contribution in [3.8, 4) is 6.07 Å². The van der Waals surface area contributed by atoms with E-state index in [1.807, 2.05) is 26.8 Å². The van der Waals surface area contributed by atoms with E-state index in [2.05, 4.69) is 4.72 Å². The first-order valence-electron chi connectivity index (χ1n) is 5.66. The molecule has 1 aromatic carbocycles. The van der Waals surface area contributed by atoms with E-state index in [0.717, 1.165) is 0 Å². The fourth-order valence-corrected chi connectivity index (χ4v) is 2.90. The summed E-state index contributed by atoms with van der Waals surface area (Å²) in [7, 11) is -3.56. The highest BCUT2D eigenvalue weighted by molar-refractivity contribution is 7.89. The molecular weight excluding hydrogens is 248 g/mol. The normalized spacial score (nSPS) is 12.2. The van der Waals surface area contributed by atoms with Crippen molar-refractivity contribution in [1.29, 1.82) is 5.26 Å². The third kappa shape index (κ3) is 3.83. The summed E-state index contributed by atoms with van der Waals surface area (Å²) >= 11 is 0. The van der Waals surface area contributed by atoms with Crippen LogP contribution in [-0.4, -0.2) is 15.0 Å². The zero-order chi connectivity index (χ0) is 14.0. The Balaban J connectivity index is 3.09. The molecule has 0 aliphatic rings. The molecule has 0 heterocycles. The van der Waals surface area contributed by atoms with Crippen LogP contribution >= 0.6 is 0 Å². The Morgan fingerprint density at radius 2 is 1.94 bits per heavy atom. The van der Waals surface area contributed by atoms with Gasteiger partial charge in [0, 0.05) is 6.54 Å². The number of benzene rings is 1. The zero-order valence-electron chi connectivity index (χ0n) is 11.1. The molecular formula is C13H18N2O2S. The van der Waals surface area contributed by atoms with Gasteiger partial charge in [0.25, 0.3) is 0 Å². The molecule has 0 fully saturated rings. The van der Waals surface area contributed by atoms with Crippen LogP contribution in [0, 0.1) is 23.7 Å². The van der Waals surface area contributed by atoms with E-state index in [4.69, 9.17) is 5.26 Å². The zero-order valence-corrected chi connectivity index (χ0v) is 11.9. The number of nitrogens with one attached hydrogen (secondary N) is 1. The highest BCUT2D eigenvalue weighted by Gasteiger charge is 2.20. The van der Waals surface area contributed by atoms with Crippen molar-refractivity contribution in [3.05, 3.63) is 29.3 Å². The van der Waals surface area contributed by atoms with Crippen molar-refractivity contribution < 1.29 is 8.42 Å². The molecule has 0 aliphatic heterocycles. The van der Waals surface area contributed by atoms with Crippen molar-refractivity contribution in [2.45, 2.75) is 32.6 Å². The fourth-order valence-electron chi connectivity index (χ4n) is 1.35. The smallest absolute Gasteiger partial charge is 0.211 e. The Morgan fingerprint density at radius 3 is 2.44 bits per heavy atom. The van der Waals surface area contributed by atoms with E-state index in [0.29, 0.717) is 17.7 Å². The Morgan fingerprint density at radius 1 is 1.33 bits per heavy atom. The van der Waals surface area contributed by atoms with Gasteiger partial charge in [-0.3, -0.25) is 0 Å². The van der Waals surface area contributed by atoms with Crippen molar-refractivity contribution in [3.63, 3.8) is 0 Å². The molecule has 0 spiro atoms. The quantitative estimate of drug-likeness (QED) is 0.911. The van der Waals surface area contributed by atoms with Crippen LogP contribution in [0.1, 0.15) is 31.9 Å². The Hall–Kier alpha value is -1.38. The predicted octanol–water partition coefficient (Wildman–Crippen LogP) is 2.19. The van der Waals surface area contributed by atoms with E-state index in [1.165, 1.54) is 6.07 Å². The molecule has 1 N–H and O–H groups in total. The number of rotatable bonds is 3. The van der Waals surface area contributed by atoms with Crippen LogP contribution in [0.5, 0.6) is 0 Å². The van der Waals surface area contributed by atoms with Crippen LogP contribution in [0.4, 0.5) is 0 Å². The maximum Gasteiger partial charge on any atom is 0.240 e. The summed E-state index contributed by atoms with van der Waals surface area (Å²) in [6.45, 7) is 7.93. The summed E-state index contributed by atoms with van der Waals surface area (Å²) in [5.74, 6) is 0. The molecule has 98 valence electrons. The molecule has 0 amide bonds. The molecule has 1 rings (SSSR count). The number of sulfonamides is 1. The van der Waals surface area contributed by atoms with Gasteiger partial charge in [-0.15, -0.1) is 0 Å². The Bertz CT molecular complexity index is 578. The fraction of sp³-hybridized carbons (Fsp3) is 0.462. The number of nitriles is 1. The second-order valence-corrected chi connectivity index (χ2v) is 7.21. The van der Waals surface area contributed by atoms with E-state index in [-0.39, 0.29) is 10.3 Å². The summed E-state index contributed by atoms with van der Waals surface area (Å²) in [5.41, 5.74) is 0.848. The van der Waals surface area contributed by atoms with E-state index in [9.17, 15) is 8.42 Å². The van der Waals surface area contributed by atoms with Crippen LogP contribution in [-0.2, 0) is 10.0 Å². The number of hydrogen-bond donors (Lipinski definition) is 1. The van der Waals surface area contributed by atoms with Gasteiger partial charge in [-0.1, -0.05) is 26.8 Å². The molecule has 0 saturated heterocycles. The van der Waals surface area contributed by atoms with Gasteiger partial charge >= 0.3 is 0 Å². The SMILES string of the molecule is Cc1ccc(C#N)cc1S(=O)(=O)NCC(C)(C)C. The highest BCUT2D eigenvalue weighted by atomic mass is 32.2. The molecule has 0 bridgehead atoms. The van der Waals surface area contributed by atoms with Gasteiger partial charge in [0.1, 0.15) is 0 Å². The predicted molar refractivity (Wildman–Crippen MR) is 70.5 cm³/mol. The maximum atomic E-state index is 12.1. The Labute approximate surface area is 109 Å². The summed E-state index contributed by atoms with van der Waals surface area (Å²) in [4.78, 5) is 0.172. The van der Waals surface area contributed by atoms with E-state index in [1.54, 1.807) is 19.1 Å². The van der Waals surface area contributed by atoms with Gasteiger partial charge in [-0.05, 0) is 30.0 Å².